The summed E-state index contributed by atoms with van der Waals surface area (Å²) in [7, 11) is 2.09. The van der Waals surface area contributed by atoms with E-state index < -0.39 is 0 Å². The van der Waals surface area contributed by atoms with Crippen LogP contribution in [-0.2, 0) is 13.0 Å². The predicted octanol–water partition coefficient (Wildman–Crippen LogP) is 1.06. The van der Waals surface area contributed by atoms with Crippen LogP contribution in [0.5, 0.6) is 0 Å². The Bertz CT molecular complexity index is 532. The average molecular weight is 289 g/mol. The maximum Gasteiger partial charge on any atom is 0.256 e. The predicted molar refractivity (Wildman–Crippen MR) is 80.0 cm³/mol. The van der Waals surface area contributed by atoms with Crippen molar-refractivity contribution in [2.45, 2.75) is 38.3 Å². The molecule has 114 valence electrons. The van der Waals surface area contributed by atoms with Crippen molar-refractivity contribution in [3.05, 3.63) is 29.1 Å². The molecule has 3 heterocycles. The molecule has 0 spiro atoms. The van der Waals surface area contributed by atoms with Crippen LogP contribution in [0.15, 0.2) is 12.4 Å². The minimum Gasteiger partial charge on any atom is -0.394 e. The van der Waals surface area contributed by atoms with Gasteiger partial charge in [0.05, 0.1) is 18.2 Å². The van der Waals surface area contributed by atoms with Crippen molar-refractivity contribution in [1.29, 1.82) is 0 Å². The van der Waals surface area contributed by atoms with Crippen molar-refractivity contribution < 1.29 is 9.90 Å². The first-order valence-corrected chi connectivity index (χ1v) is 7.77. The number of carbonyl (C=O) groups is 1. The van der Waals surface area contributed by atoms with Crippen LogP contribution in [0.25, 0.3) is 0 Å². The second kappa shape index (κ2) is 6.12. The Balaban J connectivity index is 1.89. The summed E-state index contributed by atoms with van der Waals surface area (Å²) in [6, 6.07) is -0.0339. The third-order valence-electron chi connectivity index (χ3n) is 4.66. The van der Waals surface area contributed by atoms with Gasteiger partial charge in [-0.25, -0.2) is 0 Å². The van der Waals surface area contributed by atoms with E-state index in [4.69, 9.17) is 0 Å². The number of carbonyl (C=O) groups excluding carboxylic acids is 1. The van der Waals surface area contributed by atoms with Gasteiger partial charge in [0.1, 0.15) is 0 Å². The minimum atomic E-state index is -0.0339. The van der Waals surface area contributed by atoms with Crippen LogP contribution in [0.4, 0.5) is 0 Å². The Kier molecular flexibility index (Phi) is 4.22. The van der Waals surface area contributed by atoms with E-state index in [1.54, 1.807) is 6.20 Å². The Morgan fingerprint density at radius 1 is 1.38 bits per heavy atom. The maximum atomic E-state index is 12.9. The Morgan fingerprint density at radius 2 is 2.24 bits per heavy atom. The third kappa shape index (κ3) is 2.80. The molecule has 0 bridgehead atoms. The number of aliphatic hydroxyl groups excluding tert-OH is 1. The van der Waals surface area contributed by atoms with Gasteiger partial charge in [0, 0.05) is 32.0 Å². The summed E-state index contributed by atoms with van der Waals surface area (Å²) in [6.45, 7) is 2.62. The number of nitrogens with zero attached hydrogens (tertiary/aromatic N) is 3. The van der Waals surface area contributed by atoms with Crippen molar-refractivity contribution in [2.24, 2.45) is 0 Å². The van der Waals surface area contributed by atoms with Crippen molar-refractivity contribution >= 4 is 5.91 Å². The molecule has 0 aromatic carbocycles. The van der Waals surface area contributed by atoms with Crippen LogP contribution in [0.2, 0.25) is 0 Å². The number of pyridine rings is 1. The molecule has 2 aliphatic rings. The number of likely N-dealkylation sites (N-methyl/N-ethyl adjacent to an activating group) is 1. The maximum absolute atomic E-state index is 12.9. The fourth-order valence-corrected chi connectivity index (χ4v) is 3.43. The summed E-state index contributed by atoms with van der Waals surface area (Å²) in [4.78, 5) is 21.2. The first kappa shape index (κ1) is 14.5. The molecule has 1 atom stereocenters. The van der Waals surface area contributed by atoms with Gasteiger partial charge < -0.3 is 14.9 Å². The molecule has 0 radical (unpaired) electrons. The van der Waals surface area contributed by atoms with E-state index in [0.29, 0.717) is 0 Å². The summed E-state index contributed by atoms with van der Waals surface area (Å²) in [5.74, 6) is 0.0441. The molecule has 1 N–H and O–H groups in total. The lowest BCUT2D eigenvalue weighted by molar-refractivity contribution is 0.0500. The second-order valence-electron chi connectivity index (χ2n) is 6.14. The number of aromatic nitrogens is 1. The number of hydrogen-bond acceptors (Lipinski definition) is 4. The van der Waals surface area contributed by atoms with Crippen LogP contribution in [0.1, 0.15) is 40.7 Å². The normalized spacial score (nSPS) is 23.0. The Labute approximate surface area is 125 Å². The number of amides is 1. The van der Waals surface area contributed by atoms with Crippen molar-refractivity contribution in [2.75, 3.05) is 26.7 Å². The summed E-state index contributed by atoms with van der Waals surface area (Å²) in [6.07, 6.45) is 7.48. The van der Waals surface area contributed by atoms with Gasteiger partial charge in [0.15, 0.2) is 0 Å². The third-order valence-corrected chi connectivity index (χ3v) is 4.66. The molecular weight excluding hydrogens is 266 g/mol. The molecule has 2 aliphatic heterocycles. The lowest BCUT2D eigenvalue weighted by Crippen LogP contribution is -2.46. The highest BCUT2D eigenvalue weighted by Gasteiger charge is 2.29. The van der Waals surface area contributed by atoms with Crippen LogP contribution in [0.3, 0.4) is 0 Å². The smallest absolute Gasteiger partial charge is 0.256 e. The van der Waals surface area contributed by atoms with Gasteiger partial charge in [-0.3, -0.25) is 9.78 Å². The molecule has 1 amide bonds. The monoisotopic (exact) mass is 289 g/mol. The summed E-state index contributed by atoms with van der Waals surface area (Å²) in [5, 5.41) is 9.51. The highest BCUT2D eigenvalue weighted by Crippen LogP contribution is 2.25. The molecule has 21 heavy (non-hydrogen) atoms. The zero-order valence-corrected chi connectivity index (χ0v) is 12.6. The lowest BCUT2D eigenvalue weighted by atomic mass is 9.95. The molecule has 5 heteroatoms. The molecule has 1 unspecified atom stereocenters. The molecule has 3 rings (SSSR count). The van der Waals surface area contributed by atoms with Crippen LogP contribution in [-0.4, -0.2) is 58.6 Å². The van der Waals surface area contributed by atoms with E-state index >= 15 is 0 Å². The van der Waals surface area contributed by atoms with E-state index in [0.717, 1.165) is 62.0 Å². The quantitative estimate of drug-likeness (QED) is 0.884. The topological polar surface area (TPSA) is 56.7 Å². The van der Waals surface area contributed by atoms with E-state index in [1.165, 1.54) is 0 Å². The zero-order chi connectivity index (χ0) is 14.8. The van der Waals surface area contributed by atoms with Crippen molar-refractivity contribution in [1.82, 2.24) is 14.8 Å². The highest BCUT2D eigenvalue weighted by molar-refractivity contribution is 5.96. The SMILES string of the molecule is CN1CCc2c(cncc2C(=O)N2CCCCC2CO)C1. The molecule has 1 aromatic heterocycles. The van der Waals surface area contributed by atoms with Crippen LogP contribution in [0, 0.1) is 0 Å². The van der Waals surface area contributed by atoms with Gasteiger partial charge in [-0.05, 0) is 43.9 Å². The largest absolute Gasteiger partial charge is 0.394 e. The first-order valence-electron chi connectivity index (χ1n) is 7.77. The molecule has 1 fully saturated rings. The van der Waals surface area contributed by atoms with Crippen molar-refractivity contribution in [3.63, 3.8) is 0 Å². The minimum absolute atomic E-state index is 0.0339. The van der Waals surface area contributed by atoms with Gasteiger partial charge in [0.25, 0.3) is 5.91 Å². The van der Waals surface area contributed by atoms with Gasteiger partial charge in [-0.15, -0.1) is 0 Å². The standard InChI is InChI=1S/C16H23N3O2/c1-18-7-5-14-12(10-18)8-17-9-15(14)16(21)19-6-3-2-4-13(19)11-20/h8-9,13,20H,2-7,10-11H2,1H3. The van der Waals surface area contributed by atoms with Gasteiger partial charge in [0.2, 0.25) is 0 Å². The van der Waals surface area contributed by atoms with Crippen molar-refractivity contribution in [3.8, 4) is 0 Å². The zero-order valence-electron chi connectivity index (χ0n) is 12.6. The number of hydrogen-bond donors (Lipinski definition) is 1. The molecule has 1 aromatic rings. The molecule has 0 saturated carbocycles. The van der Waals surface area contributed by atoms with Crippen LogP contribution >= 0.6 is 0 Å². The van der Waals surface area contributed by atoms with E-state index in [-0.39, 0.29) is 18.6 Å². The molecule has 1 saturated heterocycles. The number of fused-ring (bicyclic) bond motifs is 1. The van der Waals surface area contributed by atoms with E-state index in [1.807, 2.05) is 11.1 Å². The van der Waals surface area contributed by atoms with Gasteiger partial charge >= 0.3 is 0 Å². The summed E-state index contributed by atoms with van der Waals surface area (Å²) < 4.78 is 0. The Morgan fingerprint density at radius 3 is 3.05 bits per heavy atom. The van der Waals surface area contributed by atoms with Crippen LogP contribution < -0.4 is 0 Å². The molecule has 0 aliphatic carbocycles. The van der Waals surface area contributed by atoms with Gasteiger partial charge in [-0.2, -0.15) is 0 Å². The number of aliphatic hydroxyl groups is 1. The summed E-state index contributed by atoms with van der Waals surface area (Å²) >= 11 is 0. The number of piperidine rings is 1. The fraction of sp³-hybridized carbons (Fsp3) is 0.625. The van der Waals surface area contributed by atoms with E-state index in [9.17, 15) is 9.90 Å². The first-order chi connectivity index (χ1) is 10.2. The van der Waals surface area contributed by atoms with E-state index in [2.05, 4.69) is 16.9 Å². The number of rotatable bonds is 2. The summed E-state index contributed by atoms with van der Waals surface area (Å²) in [5.41, 5.74) is 3.04. The number of likely N-dealkylation sites (tertiary alicyclic amines) is 1. The highest BCUT2D eigenvalue weighted by atomic mass is 16.3. The average Bonchev–Trinajstić information content (AvgIpc) is 2.53. The second-order valence-corrected chi connectivity index (χ2v) is 6.14. The van der Waals surface area contributed by atoms with Gasteiger partial charge in [-0.1, -0.05) is 0 Å². The molecular formula is C16H23N3O2. The fourth-order valence-electron chi connectivity index (χ4n) is 3.43. The lowest BCUT2D eigenvalue weighted by Gasteiger charge is -2.35. The molecule has 5 nitrogen and oxygen atoms in total. The Hall–Kier alpha value is -1.46.